The number of hydrogen-bond donors (Lipinski definition) is 4. The number of carboxylic acids is 1. The van der Waals surface area contributed by atoms with Crippen LogP contribution in [0.3, 0.4) is 0 Å². The Hall–Kier alpha value is -2.39. The molecular weight excluding hydrogens is 492 g/mol. The van der Waals surface area contributed by atoms with Crippen molar-refractivity contribution < 1.29 is 14.6 Å². The molecule has 1 aliphatic rings. The average Bonchev–Trinajstić information content (AvgIpc) is 3.24. The number of aromatic nitrogens is 2. The summed E-state index contributed by atoms with van der Waals surface area (Å²) in [6.45, 7) is 17.7. The largest absolute Gasteiger partial charge is 0.479 e. The highest BCUT2D eigenvalue weighted by Gasteiger charge is 2.36. The number of piperidine rings is 1. The number of hydrogen-bond acceptors (Lipinski definition) is 7. The highest BCUT2D eigenvalue weighted by Crippen LogP contribution is 2.37. The van der Waals surface area contributed by atoms with Crippen LogP contribution in [-0.2, 0) is 16.0 Å². The predicted molar refractivity (Wildman–Crippen MR) is 159 cm³/mol. The summed E-state index contributed by atoms with van der Waals surface area (Å²) in [5.41, 5.74) is 9.51. The molecule has 2 heterocycles. The van der Waals surface area contributed by atoms with Crippen LogP contribution in [0.2, 0.25) is 0 Å². The fraction of sp³-hybridized carbons (Fsp3) is 0.767. The van der Waals surface area contributed by atoms with Crippen molar-refractivity contribution in [3.05, 3.63) is 28.8 Å². The molecule has 1 saturated heterocycles. The molecule has 1 aliphatic heterocycles. The van der Waals surface area contributed by atoms with Gasteiger partial charge in [0.2, 0.25) is 0 Å². The summed E-state index contributed by atoms with van der Waals surface area (Å²) in [5.74, 6) is -0.274. The Balaban J connectivity index is 2.10. The van der Waals surface area contributed by atoms with Crippen LogP contribution >= 0.6 is 0 Å². The van der Waals surface area contributed by atoms with Crippen molar-refractivity contribution in [1.29, 1.82) is 0 Å². The minimum Gasteiger partial charge on any atom is -0.479 e. The minimum atomic E-state index is -1.14. The first-order valence-electron chi connectivity index (χ1n) is 14.6. The van der Waals surface area contributed by atoms with E-state index in [1.165, 1.54) is 32.1 Å². The lowest BCUT2D eigenvalue weighted by molar-refractivity contribution is -0.155. The Morgan fingerprint density at radius 2 is 1.87 bits per heavy atom. The van der Waals surface area contributed by atoms with E-state index in [1.807, 2.05) is 48.5 Å². The Morgan fingerprint density at radius 1 is 1.23 bits per heavy atom. The van der Waals surface area contributed by atoms with Gasteiger partial charge in [-0.3, -0.25) is 10.1 Å². The molecule has 0 saturated carbocycles. The Morgan fingerprint density at radius 3 is 2.38 bits per heavy atom. The van der Waals surface area contributed by atoms with Crippen molar-refractivity contribution in [2.24, 2.45) is 10.4 Å². The number of nitrogens with zero attached hydrogens (tertiary/aromatic N) is 3. The number of nitrogens with one attached hydrogen (secondary N) is 3. The van der Waals surface area contributed by atoms with Gasteiger partial charge in [-0.2, -0.15) is 5.10 Å². The second-order valence-corrected chi connectivity index (χ2v) is 12.6. The van der Waals surface area contributed by atoms with Gasteiger partial charge in [0.15, 0.2) is 6.10 Å². The maximum Gasteiger partial charge on any atom is 0.337 e. The Bertz CT molecular complexity index is 968. The molecule has 1 atom stereocenters. The summed E-state index contributed by atoms with van der Waals surface area (Å²) in [4.78, 5) is 19.5. The number of rotatable bonds is 15. The maximum absolute atomic E-state index is 12.5. The summed E-state index contributed by atoms with van der Waals surface area (Å²) in [7, 11) is 1.80. The van der Waals surface area contributed by atoms with Gasteiger partial charge in [-0.25, -0.2) is 10.2 Å². The number of aromatic amines is 1. The molecule has 9 nitrogen and oxygen atoms in total. The van der Waals surface area contributed by atoms with Crippen LogP contribution in [0.4, 0.5) is 0 Å². The minimum absolute atomic E-state index is 0.0352. The van der Waals surface area contributed by atoms with Crippen LogP contribution in [-0.4, -0.2) is 69.8 Å². The number of carboxylic acid groups (broad SMARTS) is 1. The first-order valence-corrected chi connectivity index (χ1v) is 14.6. The van der Waals surface area contributed by atoms with Crippen LogP contribution in [0.5, 0.6) is 0 Å². The van der Waals surface area contributed by atoms with E-state index in [2.05, 4.69) is 38.9 Å². The topological polar surface area (TPSA) is 115 Å². The number of aliphatic carboxylic acids is 1. The molecule has 1 aromatic heterocycles. The number of likely N-dealkylation sites (tertiary alicyclic amines) is 1. The van der Waals surface area contributed by atoms with Crippen molar-refractivity contribution >= 4 is 11.7 Å². The van der Waals surface area contributed by atoms with Crippen molar-refractivity contribution in [3.8, 4) is 0 Å². The van der Waals surface area contributed by atoms with E-state index in [0.29, 0.717) is 11.3 Å². The van der Waals surface area contributed by atoms with E-state index in [4.69, 9.17) is 9.73 Å². The van der Waals surface area contributed by atoms with E-state index >= 15 is 0 Å². The number of unbranched alkanes of at least 4 members (excludes halogenated alkanes) is 3. The second-order valence-electron chi connectivity index (χ2n) is 12.6. The second kappa shape index (κ2) is 14.8. The van der Waals surface area contributed by atoms with Crippen LogP contribution < -0.4 is 10.9 Å². The van der Waals surface area contributed by atoms with Gasteiger partial charge in [-0.1, -0.05) is 26.2 Å². The van der Waals surface area contributed by atoms with Gasteiger partial charge in [-0.05, 0) is 92.1 Å². The van der Waals surface area contributed by atoms with Gasteiger partial charge in [0.1, 0.15) is 5.82 Å². The lowest BCUT2D eigenvalue weighted by Crippen LogP contribution is -2.48. The zero-order valence-electron chi connectivity index (χ0n) is 25.9. The monoisotopic (exact) mass is 546 g/mol. The number of aryl methyl sites for hydroxylation is 2. The summed E-state index contributed by atoms with van der Waals surface area (Å²) >= 11 is 0. The number of carbonyl (C=O) groups is 1. The molecular formula is C30H54N6O3. The number of hydrazine groups is 1. The first-order chi connectivity index (χ1) is 18.2. The van der Waals surface area contributed by atoms with Crippen molar-refractivity contribution in [2.45, 2.75) is 125 Å². The van der Waals surface area contributed by atoms with Crippen LogP contribution in [0.25, 0.3) is 0 Å². The quantitative estimate of drug-likeness (QED) is 0.133. The van der Waals surface area contributed by atoms with Gasteiger partial charge in [0.05, 0.1) is 16.9 Å². The third-order valence-corrected chi connectivity index (χ3v) is 7.31. The molecule has 0 bridgehead atoms. The third kappa shape index (κ3) is 11.0. The molecule has 1 aromatic rings. The molecule has 39 heavy (non-hydrogen) atoms. The SMILES string of the molecule is CNN/C(=C(\C(C)=NC(C)C)[C@H](OC(C)(C)C)C(=O)O)N1CCC(C)(CCCCCCc2cc(C)[nH]n2)CC1. The van der Waals surface area contributed by atoms with E-state index in [1.54, 1.807) is 7.05 Å². The molecule has 0 radical (unpaired) electrons. The maximum atomic E-state index is 12.5. The molecule has 2 rings (SSSR count). The van der Waals surface area contributed by atoms with Crippen molar-refractivity contribution in [3.63, 3.8) is 0 Å². The molecule has 222 valence electrons. The summed E-state index contributed by atoms with van der Waals surface area (Å²) in [5, 5.41) is 17.6. The molecule has 0 aromatic carbocycles. The summed E-state index contributed by atoms with van der Waals surface area (Å²) < 4.78 is 6.10. The van der Waals surface area contributed by atoms with Crippen LogP contribution in [0.15, 0.2) is 22.5 Å². The lowest BCUT2D eigenvalue weighted by Gasteiger charge is -2.42. The molecule has 9 heteroatoms. The standard InChI is InChI=1S/C30H54N6O3/c1-21(2)32-23(4)25(26(28(37)38)39-29(5,6)7)27(35-31-9)36-18-16-30(8,17-19-36)15-13-11-10-12-14-24-20-22(3)33-34-24/h20-21,26,31,35H,10-19H2,1-9H3,(H,33,34)(H,37,38)/b27-25-,32-23?/t26-/m0/s1. The van der Waals surface area contributed by atoms with Gasteiger partial charge >= 0.3 is 5.97 Å². The lowest BCUT2D eigenvalue weighted by atomic mass is 9.76. The highest BCUT2D eigenvalue weighted by molar-refractivity contribution is 6.04. The first kappa shape index (κ1) is 32.8. The van der Waals surface area contributed by atoms with Gasteiger partial charge in [0, 0.05) is 37.6 Å². The zero-order chi connectivity index (χ0) is 29.2. The van der Waals surface area contributed by atoms with Gasteiger partial charge < -0.3 is 20.2 Å². The molecule has 0 amide bonds. The van der Waals surface area contributed by atoms with Gasteiger partial charge in [0.25, 0.3) is 0 Å². The average molecular weight is 547 g/mol. The summed E-state index contributed by atoms with van der Waals surface area (Å²) in [6, 6.07) is 2.17. The molecule has 4 N–H and O–H groups in total. The molecule has 0 aliphatic carbocycles. The van der Waals surface area contributed by atoms with Crippen LogP contribution in [0, 0.1) is 12.3 Å². The summed E-state index contributed by atoms with van der Waals surface area (Å²) in [6.07, 6.45) is 8.12. The van der Waals surface area contributed by atoms with E-state index in [9.17, 15) is 9.90 Å². The Labute approximate surface area is 236 Å². The third-order valence-electron chi connectivity index (χ3n) is 7.31. The Kier molecular flexibility index (Phi) is 12.5. The fourth-order valence-electron chi connectivity index (χ4n) is 5.30. The van der Waals surface area contributed by atoms with E-state index in [-0.39, 0.29) is 11.5 Å². The van der Waals surface area contributed by atoms with Crippen molar-refractivity contribution in [2.75, 3.05) is 20.1 Å². The highest BCUT2D eigenvalue weighted by atomic mass is 16.5. The molecule has 1 fully saturated rings. The van der Waals surface area contributed by atoms with Crippen LogP contribution in [0.1, 0.15) is 105 Å². The zero-order valence-corrected chi connectivity index (χ0v) is 25.9. The smallest absolute Gasteiger partial charge is 0.337 e. The van der Waals surface area contributed by atoms with E-state index < -0.39 is 17.7 Å². The number of H-pyrrole nitrogens is 1. The number of ether oxygens (including phenoxy) is 1. The normalized spacial score (nSPS) is 17.8. The van der Waals surface area contributed by atoms with Crippen molar-refractivity contribution in [1.82, 2.24) is 25.9 Å². The number of aliphatic imine (C=N–C) groups is 1. The fourth-order valence-corrected chi connectivity index (χ4v) is 5.30. The van der Waals surface area contributed by atoms with E-state index in [0.717, 1.165) is 49.6 Å². The molecule has 0 spiro atoms. The molecule has 0 unspecified atom stereocenters. The van der Waals surface area contributed by atoms with Gasteiger partial charge in [-0.15, -0.1) is 0 Å². The predicted octanol–water partition coefficient (Wildman–Crippen LogP) is 5.39.